The van der Waals surface area contributed by atoms with Crippen LogP contribution in [-0.4, -0.2) is 48.4 Å². The van der Waals surface area contributed by atoms with Gasteiger partial charge in [0.1, 0.15) is 0 Å². The van der Waals surface area contributed by atoms with Crippen LogP contribution in [0.25, 0.3) is 0 Å². The molecule has 0 radical (unpaired) electrons. The van der Waals surface area contributed by atoms with E-state index in [9.17, 15) is 13.6 Å². The van der Waals surface area contributed by atoms with Gasteiger partial charge in [0.25, 0.3) is 5.92 Å². The third-order valence-corrected chi connectivity index (χ3v) is 4.60. The van der Waals surface area contributed by atoms with Crippen LogP contribution in [0.1, 0.15) is 24.8 Å². The van der Waals surface area contributed by atoms with Crippen molar-refractivity contribution in [2.75, 3.05) is 25.0 Å². The van der Waals surface area contributed by atoms with Gasteiger partial charge in [-0.2, -0.15) is 0 Å². The second-order valence-corrected chi connectivity index (χ2v) is 6.61. The van der Waals surface area contributed by atoms with Crippen LogP contribution in [0.15, 0.2) is 24.3 Å². The summed E-state index contributed by atoms with van der Waals surface area (Å²) < 4.78 is 26.4. The fraction of sp³-hybridized carbons (Fsp3) is 0.588. The summed E-state index contributed by atoms with van der Waals surface area (Å²) in [6, 6.07) is 7.79. The number of aryl methyl sites for hydroxylation is 1. The highest BCUT2D eigenvalue weighted by Gasteiger charge is 2.43. The Labute approximate surface area is 159 Å². The standard InChI is InChI=1S/C17H23F2N3O.2ClH/c1-12-3-2-4-14(9-12)21-13-5-7-22(8-6-13)16(23)15-10-17(18,19)11-20-15;;/h2-4,9,13,15,20-21H,5-8,10-11H2,1H3;2*1H. The molecule has 2 aliphatic heterocycles. The highest BCUT2D eigenvalue weighted by atomic mass is 35.5. The van der Waals surface area contributed by atoms with Crippen molar-refractivity contribution in [1.29, 1.82) is 0 Å². The van der Waals surface area contributed by atoms with E-state index >= 15 is 0 Å². The van der Waals surface area contributed by atoms with Gasteiger partial charge < -0.3 is 10.2 Å². The SMILES string of the molecule is Cc1cccc(NC2CCN(C(=O)C3CC(F)(F)CN3)CC2)c1.Cl.Cl. The highest BCUT2D eigenvalue weighted by Crippen LogP contribution is 2.27. The first-order chi connectivity index (χ1) is 10.9. The lowest BCUT2D eigenvalue weighted by molar-refractivity contribution is -0.134. The Hall–Kier alpha value is -1.11. The van der Waals surface area contributed by atoms with Gasteiger partial charge in [-0.1, -0.05) is 12.1 Å². The lowest BCUT2D eigenvalue weighted by Gasteiger charge is -2.34. The molecular formula is C17H25Cl2F2N3O. The second kappa shape index (κ2) is 9.01. The monoisotopic (exact) mass is 395 g/mol. The molecule has 1 aromatic carbocycles. The Morgan fingerprint density at radius 1 is 1.28 bits per heavy atom. The molecule has 1 atom stereocenters. The van der Waals surface area contributed by atoms with Gasteiger partial charge in [0.2, 0.25) is 5.91 Å². The Morgan fingerprint density at radius 3 is 2.52 bits per heavy atom. The fourth-order valence-corrected chi connectivity index (χ4v) is 3.33. The molecule has 8 heteroatoms. The summed E-state index contributed by atoms with van der Waals surface area (Å²) in [4.78, 5) is 14.0. The quantitative estimate of drug-likeness (QED) is 0.825. The van der Waals surface area contributed by atoms with Crippen molar-refractivity contribution in [1.82, 2.24) is 10.2 Å². The van der Waals surface area contributed by atoms with E-state index in [1.165, 1.54) is 5.56 Å². The van der Waals surface area contributed by atoms with Crippen LogP contribution in [0.4, 0.5) is 14.5 Å². The summed E-state index contributed by atoms with van der Waals surface area (Å²) >= 11 is 0. The summed E-state index contributed by atoms with van der Waals surface area (Å²) in [5, 5.41) is 6.13. The minimum Gasteiger partial charge on any atom is -0.382 e. The number of halogens is 4. The Balaban J connectivity index is 0.00000156. The molecule has 4 nitrogen and oxygen atoms in total. The van der Waals surface area contributed by atoms with Crippen LogP contribution in [-0.2, 0) is 4.79 Å². The molecule has 1 amide bonds. The predicted octanol–water partition coefficient (Wildman–Crippen LogP) is 3.24. The van der Waals surface area contributed by atoms with Crippen LogP contribution in [0.3, 0.4) is 0 Å². The van der Waals surface area contributed by atoms with Gasteiger partial charge in [-0.25, -0.2) is 8.78 Å². The summed E-state index contributed by atoms with van der Waals surface area (Å²) in [6.07, 6.45) is 1.29. The van der Waals surface area contributed by atoms with Crippen molar-refractivity contribution < 1.29 is 13.6 Å². The predicted molar refractivity (Wildman–Crippen MR) is 100 cm³/mol. The molecule has 0 aliphatic carbocycles. The number of benzene rings is 1. The number of anilines is 1. The van der Waals surface area contributed by atoms with Crippen LogP contribution in [0.2, 0.25) is 0 Å². The van der Waals surface area contributed by atoms with Gasteiger partial charge in [-0.15, -0.1) is 24.8 Å². The smallest absolute Gasteiger partial charge is 0.262 e. The van der Waals surface area contributed by atoms with E-state index in [-0.39, 0.29) is 37.1 Å². The zero-order chi connectivity index (χ0) is 16.4. The summed E-state index contributed by atoms with van der Waals surface area (Å²) in [6.45, 7) is 2.89. The number of alkyl halides is 2. The topological polar surface area (TPSA) is 44.4 Å². The fourth-order valence-electron chi connectivity index (χ4n) is 3.33. The number of nitrogens with one attached hydrogen (secondary N) is 2. The number of amides is 1. The summed E-state index contributed by atoms with van der Waals surface area (Å²) in [5.74, 6) is -2.94. The van der Waals surface area contributed by atoms with Crippen molar-refractivity contribution in [3.8, 4) is 0 Å². The molecule has 1 aromatic rings. The van der Waals surface area contributed by atoms with E-state index in [4.69, 9.17) is 0 Å². The molecular weight excluding hydrogens is 371 g/mol. The third kappa shape index (κ3) is 5.69. The average molecular weight is 396 g/mol. The van der Waals surface area contributed by atoms with E-state index in [1.54, 1.807) is 4.90 Å². The minimum absolute atomic E-state index is 0. The molecule has 0 saturated carbocycles. The van der Waals surface area contributed by atoms with Gasteiger partial charge in [-0.05, 0) is 37.5 Å². The molecule has 2 heterocycles. The summed E-state index contributed by atoms with van der Waals surface area (Å²) in [5.41, 5.74) is 2.29. The maximum Gasteiger partial charge on any atom is 0.262 e. The van der Waals surface area contributed by atoms with Crippen molar-refractivity contribution in [3.63, 3.8) is 0 Å². The van der Waals surface area contributed by atoms with E-state index in [1.807, 2.05) is 12.1 Å². The molecule has 2 fully saturated rings. The molecule has 3 rings (SSSR count). The van der Waals surface area contributed by atoms with Crippen molar-refractivity contribution in [2.24, 2.45) is 0 Å². The molecule has 2 saturated heterocycles. The molecule has 2 aliphatic rings. The number of carbonyl (C=O) groups is 1. The number of rotatable bonds is 3. The molecule has 1 unspecified atom stereocenters. The largest absolute Gasteiger partial charge is 0.382 e. The Morgan fingerprint density at radius 2 is 1.96 bits per heavy atom. The van der Waals surface area contributed by atoms with Crippen molar-refractivity contribution in [2.45, 2.75) is 44.2 Å². The van der Waals surface area contributed by atoms with Gasteiger partial charge in [-0.3, -0.25) is 10.1 Å². The first-order valence-electron chi connectivity index (χ1n) is 8.16. The molecule has 2 N–H and O–H groups in total. The third-order valence-electron chi connectivity index (χ3n) is 4.60. The number of hydrogen-bond donors (Lipinski definition) is 2. The van der Waals surface area contributed by atoms with E-state index in [2.05, 4.69) is 29.7 Å². The highest BCUT2D eigenvalue weighted by molar-refractivity contribution is 5.85. The van der Waals surface area contributed by atoms with Gasteiger partial charge >= 0.3 is 0 Å². The van der Waals surface area contributed by atoms with Crippen LogP contribution in [0.5, 0.6) is 0 Å². The number of piperidine rings is 1. The Kier molecular flexibility index (Phi) is 7.90. The second-order valence-electron chi connectivity index (χ2n) is 6.61. The van der Waals surface area contributed by atoms with Gasteiger partial charge in [0.05, 0.1) is 12.6 Å². The minimum atomic E-state index is -2.76. The number of carbonyl (C=O) groups excluding carboxylic acids is 1. The molecule has 0 aromatic heterocycles. The zero-order valence-corrected chi connectivity index (χ0v) is 15.8. The lowest BCUT2D eigenvalue weighted by atomic mass is 10.0. The van der Waals surface area contributed by atoms with E-state index < -0.39 is 18.5 Å². The molecule has 0 bridgehead atoms. The number of likely N-dealkylation sites (tertiary alicyclic amines) is 1. The lowest BCUT2D eigenvalue weighted by Crippen LogP contribution is -2.48. The van der Waals surface area contributed by atoms with Crippen molar-refractivity contribution >= 4 is 36.4 Å². The zero-order valence-electron chi connectivity index (χ0n) is 14.1. The number of nitrogens with zero attached hydrogens (tertiary/aromatic N) is 1. The van der Waals surface area contributed by atoms with E-state index in [0.717, 1.165) is 18.5 Å². The first-order valence-corrected chi connectivity index (χ1v) is 8.16. The maximum absolute atomic E-state index is 13.2. The first kappa shape index (κ1) is 21.9. The van der Waals surface area contributed by atoms with Crippen LogP contribution in [0, 0.1) is 6.92 Å². The van der Waals surface area contributed by atoms with Crippen LogP contribution >= 0.6 is 24.8 Å². The Bertz CT molecular complexity index is 581. The maximum atomic E-state index is 13.2. The van der Waals surface area contributed by atoms with Gasteiger partial charge in [0.15, 0.2) is 0 Å². The van der Waals surface area contributed by atoms with E-state index in [0.29, 0.717) is 19.1 Å². The molecule has 142 valence electrons. The van der Waals surface area contributed by atoms with Gasteiger partial charge in [0, 0.05) is 31.2 Å². The normalized spacial score (nSPS) is 22.7. The summed E-state index contributed by atoms with van der Waals surface area (Å²) in [7, 11) is 0. The number of hydrogen-bond acceptors (Lipinski definition) is 3. The van der Waals surface area contributed by atoms with Crippen LogP contribution < -0.4 is 10.6 Å². The molecule has 0 spiro atoms. The van der Waals surface area contributed by atoms with Crippen molar-refractivity contribution in [3.05, 3.63) is 29.8 Å². The molecule has 25 heavy (non-hydrogen) atoms. The average Bonchev–Trinajstić information content (AvgIpc) is 2.87.